The van der Waals surface area contributed by atoms with Gasteiger partial charge in [-0.25, -0.2) is 4.79 Å². The lowest BCUT2D eigenvalue weighted by molar-refractivity contribution is 0.0601. The summed E-state index contributed by atoms with van der Waals surface area (Å²) in [5.41, 5.74) is 5.81. The monoisotopic (exact) mass is 429 g/mol. The largest absolute Gasteiger partial charge is 0.465 e. The summed E-state index contributed by atoms with van der Waals surface area (Å²) in [5.74, 6) is -0.269. The number of methoxy groups -OCH3 is 1. The number of thiocarbonyl (C=S) groups is 1. The minimum absolute atomic E-state index is 0.269. The molecule has 1 aliphatic heterocycles. The molecular weight excluding hydrogens is 402 g/mol. The highest BCUT2D eigenvalue weighted by molar-refractivity contribution is 7.80. The van der Waals surface area contributed by atoms with Gasteiger partial charge < -0.3 is 19.9 Å². The van der Waals surface area contributed by atoms with Gasteiger partial charge in [0.1, 0.15) is 5.00 Å². The Balaban J connectivity index is 1.44. The van der Waals surface area contributed by atoms with Crippen molar-refractivity contribution in [2.75, 3.05) is 43.5 Å². The number of nitrogens with zero attached hydrogens (tertiary/aromatic N) is 2. The van der Waals surface area contributed by atoms with Crippen LogP contribution in [0.25, 0.3) is 0 Å². The Morgan fingerprint density at radius 1 is 1.17 bits per heavy atom. The number of anilines is 2. The number of benzene rings is 1. The van der Waals surface area contributed by atoms with E-state index >= 15 is 0 Å². The second-order valence-corrected chi connectivity index (χ2v) is 9.17. The van der Waals surface area contributed by atoms with Crippen molar-refractivity contribution in [1.29, 1.82) is 0 Å². The molecule has 1 N–H and O–H groups in total. The van der Waals surface area contributed by atoms with Crippen LogP contribution >= 0.6 is 23.6 Å². The first-order valence-electron chi connectivity index (χ1n) is 10.1. The molecule has 0 saturated carbocycles. The molecule has 7 heteroatoms. The maximum absolute atomic E-state index is 12.4. The van der Waals surface area contributed by atoms with Gasteiger partial charge in [-0.2, -0.15) is 0 Å². The highest BCUT2D eigenvalue weighted by Gasteiger charge is 2.29. The van der Waals surface area contributed by atoms with Crippen LogP contribution < -0.4 is 10.2 Å². The zero-order chi connectivity index (χ0) is 20.5. The van der Waals surface area contributed by atoms with Crippen LogP contribution in [0.1, 0.15) is 38.3 Å². The summed E-state index contributed by atoms with van der Waals surface area (Å²) in [7, 11) is 1.44. The zero-order valence-corrected chi connectivity index (χ0v) is 18.8. The van der Waals surface area contributed by atoms with Crippen LogP contribution in [0.2, 0.25) is 0 Å². The molecule has 5 nitrogen and oxygen atoms in total. The molecule has 154 valence electrons. The third kappa shape index (κ3) is 3.85. The summed E-state index contributed by atoms with van der Waals surface area (Å²) in [6.07, 6.45) is 3.09. The van der Waals surface area contributed by atoms with E-state index in [1.807, 2.05) is 0 Å². The molecule has 0 spiro atoms. The average molecular weight is 430 g/mol. The van der Waals surface area contributed by atoms with Gasteiger partial charge in [0.15, 0.2) is 5.11 Å². The number of esters is 1. The minimum atomic E-state index is -0.269. The van der Waals surface area contributed by atoms with Crippen molar-refractivity contribution in [3.8, 4) is 0 Å². The van der Waals surface area contributed by atoms with E-state index in [2.05, 4.69) is 47.2 Å². The van der Waals surface area contributed by atoms with Crippen LogP contribution in [-0.4, -0.2) is 49.3 Å². The molecule has 1 fully saturated rings. The molecule has 0 bridgehead atoms. The standard InChI is InChI=1S/C22H27N3O2S2/c1-14-6-4-8-17(15(14)2)24-10-12-25(13-11-24)22(28)23-20-19(21(26)27-3)16-7-5-9-18(16)29-20/h4,6,8H,5,7,9-13H2,1-3H3,(H,23,28). The molecule has 4 rings (SSSR count). The first-order chi connectivity index (χ1) is 14.0. The number of fused-ring (bicyclic) bond motifs is 1. The van der Waals surface area contributed by atoms with Crippen molar-refractivity contribution < 1.29 is 9.53 Å². The number of piperazine rings is 1. The lowest BCUT2D eigenvalue weighted by Crippen LogP contribution is -2.50. The summed E-state index contributed by atoms with van der Waals surface area (Å²) >= 11 is 7.35. The predicted molar refractivity (Wildman–Crippen MR) is 124 cm³/mol. The Bertz CT molecular complexity index is 946. The summed E-state index contributed by atoms with van der Waals surface area (Å²) in [4.78, 5) is 18.3. The number of thiophene rings is 1. The molecule has 1 aromatic heterocycles. The number of rotatable bonds is 3. The molecule has 29 heavy (non-hydrogen) atoms. The maximum Gasteiger partial charge on any atom is 0.341 e. The van der Waals surface area contributed by atoms with Crippen molar-refractivity contribution in [3.63, 3.8) is 0 Å². The van der Waals surface area contributed by atoms with Gasteiger partial charge in [0.05, 0.1) is 12.7 Å². The smallest absolute Gasteiger partial charge is 0.341 e. The molecule has 2 aromatic rings. The lowest BCUT2D eigenvalue weighted by Gasteiger charge is -2.38. The molecule has 2 aliphatic rings. The van der Waals surface area contributed by atoms with Gasteiger partial charge in [-0.1, -0.05) is 12.1 Å². The molecule has 1 aliphatic carbocycles. The van der Waals surface area contributed by atoms with Gasteiger partial charge in [-0.05, 0) is 68.1 Å². The van der Waals surface area contributed by atoms with Gasteiger partial charge in [0.2, 0.25) is 0 Å². The Kier molecular flexibility index (Phi) is 5.79. The van der Waals surface area contributed by atoms with Crippen molar-refractivity contribution in [2.45, 2.75) is 33.1 Å². The first kappa shape index (κ1) is 20.2. The topological polar surface area (TPSA) is 44.8 Å². The van der Waals surface area contributed by atoms with E-state index in [0.29, 0.717) is 10.7 Å². The quantitative estimate of drug-likeness (QED) is 0.584. The number of ether oxygens (including phenoxy) is 1. The molecular formula is C22H27N3O2S2. The van der Waals surface area contributed by atoms with Crippen LogP contribution in [0.5, 0.6) is 0 Å². The molecule has 0 amide bonds. The molecule has 0 unspecified atom stereocenters. The Morgan fingerprint density at radius 3 is 2.66 bits per heavy atom. The second-order valence-electron chi connectivity index (χ2n) is 7.68. The Hall–Kier alpha value is -2.12. The highest BCUT2D eigenvalue weighted by Crippen LogP contribution is 2.39. The normalized spacial score (nSPS) is 16.0. The third-order valence-electron chi connectivity index (χ3n) is 6.01. The van der Waals surface area contributed by atoms with E-state index < -0.39 is 0 Å². The molecule has 0 atom stereocenters. The number of carbonyl (C=O) groups is 1. The number of hydrogen-bond donors (Lipinski definition) is 1. The van der Waals surface area contributed by atoms with Gasteiger partial charge >= 0.3 is 5.97 Å². The van der Waals surface area contributed by atoms with Crippen LogP contribution in [0.3, 0.4) is 0 Å². The number of carbonyl (C=O) groups excluding carboxylic acids is 1. The summed E-state index contributed by atoms with van der Waals surface area (Å²) in [6, 6.07) is 6.48. The Morgan fingerprint density at radius 2 is 1.93 bits per heavy atom. The fourth-order valence-electron chi connectivity index (χ4n) is 4.22. The van der Waals surface area contributed by atoms with Crippen molar-refractivity contribution in [1.82, 2.24) is 4.90 Å². The zero-order valence-electron chi connectivity index (χ0n) is 17.2. The number of hydrogen-bond acceptors (Lipinski definition) is 5. The minimum Gasteiger partial charge on any atom is -0.465 e. The van der Waals surface area contributed by atoms with E-state index in [4.69, 9.17) is 17.0 Å². The highest BCUT2D eigenvalue weighted by atomic mass is 32.1. The average Bonchev–Trinajstić information content (AvgIpc) is 3.30. The third-order valence-corrected chi connectivity index (χ3v) is 7.58. The van der Waals surface area contributed by atoms with Gasteiger partial charge in [0.25, 0.3) is 0 Å². The van der Waals surface area contributed by atoms with E-state index in [9.17, 15) is 4.79 Å². The lowest BCUT2D eigenvalue weighted by atomic mass is 10.1. The second kappa shape index (κ2) is 8.32. The molecule has 1 aromatic carbocycles. The SMILES string of the molecule is COC(=O)c1c(NC(=S)N2CCN(c3cccc(C)c3C)CC2)sc2c1CCC2. The van der Waals surface area contributed by atoms with E-state index in [-0.39, 0.29) is 5.97 Å². The fourth-order valence-corrected chi connectivity index (χ4v) is 5.84. The van der Waals surface area contributed by atoms with Crippen LogP contribution in [0, 0.1) is 13.8 Å². The van der Waals surface area contributed by atoms with E-state index in [0.717, 1.165) is 56.0 Å². The van der Waals surface area contributed by atoms with Crippen molar-refractivity contribution >= 4 is 45.3 Å². The van der Waals surface area contributed by atoms with E-state index in [1.165, 1.54) is 28.8 Å². The van der Waals surface area contributed by atoms with Crippen LogP contribution in [-0.2, 0) is 17.6 Å². The Labute approximate surface area is 181 Å². The van der Waals surface area contributed by atoms with Crippen LogP contribution in [0.15, 0.2) is 18.2 Å². The van der Waals surface area contributed by atoms with Gasteiger partial charge in [0, 0.05) is 36.7 Å². The summed E-state index contributed by atoms with van der Waals surface area (Å²) in [5, 5.41) is 4.88. The summed E-state index contributed by atoms with van der Waals surface area (Å²) in [6.45, 7) is 7.92. The number of aryl methyl sites for hydroxylation is 2. The van der Waals surface area contributed by atoms with Crippen LogP contribution in [0.4, 0.5) is 10.7 Å². The van der Waals surface area contributed by atoms with Crippen molar-refractivity contribution in [2.24, 2.45) is 0 Å². The predicted octanol–water partition coefficient (Wildman–Crippen LogP) is 4.16. The maximum atomic E-state index is 12.4. The fraction of sp³-hybridized carbons (Fsp3) is 0.455. The molecule has 1 saturated heterocycles. The molecule has 0 radical (unpaired) electrons. The van der Waals surface area contributed by atoms with Gasteiger partial charge in [-0.3, -0.25) is 0 Å². The van der Waals surface area contributed by atoms with Crippen molar-refractivity contribution in [3.05, 3.63) is 45.3 Å². The molecule has 2 heterocycles. The van der Waals surface area contributed by atoms with Gasteiger partial charge in [-0.15, -0.1) is 11.3 Å². The number of nitrogens with one attached hydrogen (secondary N) is 1. The first-order valence-corrected chi connectivity index (χ1v) is 11.3. The summed E-state index contributed by atoms with van der Waals surface area (Å²) < 4.78 is 5.04. The van der Waals surface area contributed by atoms with E-state index in [1.54, 1.807) is 11.3 Å².